The van der Waals surface area contributed by atoms with Crippen molar-refractivity contribution in [2.24, 2.45) is 17.6 Å². The molecule has 2 N–H and O–H groups in total. The van der Waals surface area contributed by atoms with E-state index >= 15 is 0 Å². The molecule has 102 valence electrons. The van der Waals surface area contributed by atoms with Crippen molar-refractivity contribution in [2.45, 2.75) is 71.9 Å². The lowest BCUT2D eigenvalue weighted by atomic mass is 9.90. The van der Waals surface area contributed by atoms with E-state index in [1.807, 2.05) is 0 Å². The van der Waals surface area contributed by atoms with Crippen LogP contribution in [0.2, 0.25) is 0 Å². The average Bonchev–Trinajstić information content (AvgIpc) is 2.44. The zero-order valence-corrected chi connectivity index (χ0v) is 12.3. The van der Waals surface area contributed by atoms with Gasteiger partial charge in [0, 0.05) is 18.6 Å². The van der Waals surface area contributed by atoms with Crippen molar-refractivity contribution in [3.05, 3.63) is 0 Å². The van der Waals surface area contributed by atoms with Gasteiger partial charge in [0.2, 0.25) is 0 Å². The third kappa shape index (κ3) is 4.59. The second-order valence-electron chi connectivity index (χ2n) is 6.35. The standard InChI is InChI=1S/C15H32N2/c1-12(2)10-13(3)15(11-16)17-9-7-5-6-8-14(17)4/h12-15H,5-11,16H2,1-4H3. The van der Waals surface area contributed by atoms with Crippen LogP contribution < -0.4 is 5.73 Å². The number of hydrogen-bond donors (Lipinski definition) is 1. The van der Waals surface area contributed by atoms with Gasteiger partial charge in [0.1, 0.15) is 0 Å². The summed E-state index contributed by atoms with van der Waals surface area (Å²) < 4.78 is 0. The Morgan fingerprint density at radius 1 is 1.18 bits per heavy atom. The molecule has 0 aliphatic carbocycles. The Hall–Kier alpha value is -0.0800. The Kier molecular flexibility index (Phi) is 6.50. The second kappa shape index (κ2) is 7.38. The first-order chi connectivity index (χ1) is 8.06. The molecule has 0 radical (unpaired) electrons. The molecule has 1 aliphatic rings. The molecular formula is C15H32N2. The van der Waals surface area contributed by atoms with E-state index in [9.17, 15) is 0 Å². The third-order valence-corrected chi connectivity index (χ3v) is 4.27. The largest absolute Gasteiger partial charge is 0.329 e. The Labute approximate surface area is 108 Å². The first kappa shape index (κ1) is 15.0. The minimum Gasteiger partial charge on any atom is -0.329 e. The van der Waals surface area contributed by atoms with Gasteiger partial charge in [0.05, 0.1) is 0 Å². The third-order valence-electron chi connectivity index (χ3n) is 4.27. The molecule has 0 bridgehead atoms. The van der Waals surface area contributed by atoms with Crippen molar-refractivity contribution in [3.8, 4) is 0 Å². The number of nitrogens with zero attached hydrogens (tertiary/aromatic N) is 1. The van der Waals surface area contributed by atoms with Crippen LogP contribution in [0, 0.1) is 11.8 Å². The van der Waals surface area contributed by atoms with E-state index in [-0.39, 0.29) is 0 Å². The summed E-state index contributed by atoms with van der Waals surface area (Å²) in [6, 6.07) is 1.31. The summed E-state index contributed by atoms with van der Waals surface area (Å²) in [7, 11) is 0. The molecule has 1 rings (SSSR count). The van der Waals surface area contributed by atoms with Crippen LogP contribution >= 0.6 is 0 Å². The molecule has 3 unspecified atom stereocenters. The van der Waals surface area contributed by atoms with Gasteiger partial charge < -0.3 is 5.73 Å². The molecule has 0 aromatic rings. The van der Waals surface area contributed by atoms with Gasteiger partial charge in [-0.2, -0.15) is 0 Å². The highest BCUT2D eigenvalue weighted by Crippen LogP contribution is 2.25. The van der Waals surface area contributed by atoms with Crippen molar-refractivity contribution in [1.82, 2.24) is 4.90 Å². The smallest absolute Gasteiger partial charge is 0.0246 e. The summed E-state index contributed by atoms with van der Waals surface area (Å²) in [5, 5.41) is 0. The van der Waals surface area contributed by atoms with E-state index in [4.69, 9.17) is 5.73 Å². The normalized spacial score (nSPS) is 26.8. The maximum Gasteiger partial charge on any atom is 0.0246 e. The van der Waals surface area contributed by atoms with Gasteiger partial charge >= 0.3 is 0 Å². The monoisotopic (exact) mass is 240 g/mol. The molecule has 1 aliphatic heterocycles. The summed E-state index contributed by atoms with van der Waals surface area (Å²) in [5.41, 5.74) is 6.05. The first-order valence-electron chi connectivity index (χ1n) is 7.52. The zero-order valence-electron chi connectivity index (χ0n) is 12.3. The van der Waals surface area contributed by atoms with Gasteiger partial charge in [-0.25, -0.2) is 0 Å². The molecule has 2 nitrogen and oxygen atoms in total. The van der Waals surface area contributed by atoms with Gasteiger partial charge in [-0.05, 0) is 44.6 Å². The summed E-state index contributed by atoms with van der Waals surface area (Å²) >= 11 is 0. The van der Waals surface area contributed by atoms with Gasteiger partial charge in [0.15, 0.2) is 0 Å². The summed E-state index contributed by atoms with van der Waals surface area (Å²) in [4.78, 5) is 2.69. The second-order valence-corrected chi connectivity index (χ2v) is 6.35. The molecule has 0 aromatic heterocycles. The minimum atomic E-state index is 0.588. The molecular weight excluding hydrogens is 208 g/mol. The van der Waals surface area contributed by atoms with E-state index in [1.54, 1.807) is 0 Å². The molecule has 17 heavy (non-hydrogen) atoms. The van der Waals surface area contributed by atoms with Crippen LogP contribution in [0.15, 0.2) is 0 Å². The SMILES string of the molecule is CC(C)CC(C)C(CN)N1CCCCCC1C. The Morgan fingerprint density at radius 3 is 2.47 bits per heavy atom. The molecule has 0 amide bonds. The fraction of sp³-hybridized carbons (Fsp3) is 1.00. The predicted molar refractivity (Wildman–Crippen MR) is 76.1 cm³/mol. The summed E-state index contributed by atoms with van der Waals surface area (Å²) in [5.74, 6) is 1.50. The zero-order chi connectivity index (χ0) is 12.8. The van der Waals surface area contributed by atoms with Crippen molar-refractivity contribution in [1.29, 1.82) is 0 Å². The molecule has 1 fully saturated rings. The van der Waals surface area contributed by atoms with E-state index in [0.29, 0.717) is 6.04 Å². The van der Waals surface area contributed by atoms with Crippen LogP contribution in [0.5, 0.6) is 0 Å². The maximum absolute atomic E-state index is 6.05. The highest BCUT2D eigenvalue weighted by atomic mass is 15.2. The molecule has 1 saturated heterocycles. The van der Waals surface area contributed by atoms with Crippen molar-refractivity contribution < 1.29 is 0 Å². The van der Waals surface area contributed by atoms with Gasteiger partial charge in [-0.1, -0.05) is 33.6 Å². The van der Waals surface area contributed by atoms with Crippen LogP contribution in [0.1, 0.15) is 59.8 Å². The van der Waals surface area contributed by atoms with Crippen LogP contribution in [-0.4, -0.2) is 30.1 Å². The number of nitrogens with two attached hydrogens (primary N) is 1. The van der Waals surface area contributed by atoms with Crippen LogP contribution in [-0.2, 0) is 0 Å². The van der Waals surface area contributed by atoms with Crippen LogP contribution in [0.3, 0.4) is 0 Å². The van der Waals surface area contributed by atoms with Crippen LogP contribution in [0.4, 0.5) is 0 Å². The topological polar surface area (TPSA) is 29.3 Å². The lowest BCUT2D eigenvalue weighted by molar-refractivity contribution is 0.103. The molecule has 0 aromatic carbocycles. The number of likely N-dealkylation sites (tertiary alicyclic amines) is 1. The summed E-state index contributed by atoms with van der Waals surface area (Å²) in [6.07, 6.45) is 6.80. The van der Waals surface area contributed by atoms with Crippen molar-refractivity contribution >= 4 is 0 Å². The fourth-order valence-electron chi connectivity index (χ4n) is 3.39. The molecule has 0 spiro atoms. The van der Waals surface area contributed by atoms with Crippen molar-refractivity contribution in [3.63, 3.8) is 0 Å². The highest BCUT2D eigenvalue weighted by molar-refractivity contribution is 4.83. The van der Waals surface area contributed by atoms with Gasteiger partial charge in [0.25, 0.3) is 0 Å². The predicted octanol–water partition coefficient (Wildman–Crippen LogP) is 3.26. The van der Waals surface area contributed by atoms with Gasteiger partial charge in [-0.15, -0.1) is 0 Å². The van der Waals surface area contributed by atoms with Crippen molar-refractivity contribution in [2.75, 3.05) is 13.1 Å². The van der Waals surface area contributed by atoms with E-state index in [1.165, 1.54) is 38.6 Å². The van der Waals surface area contributed by atoms with Gasteiger partial charge in [-0.3, -0.25) is 4.90 Å². The fourth-order valence-corrected chi connectivity index (χ4v) is 3.39. The minimum absolute atomic E-state index is 0.588. The number of rotatable bonds is 5. The quantitative estimate of drug-likeness (QED) is 0.799. The molecule has 3 atom stereocenters. The molecule has 2 heteroatoms. The molecule has 0 saturated carbocycles. The Morgan fingerprint density at radius 2 is 1.88 bits per heavy atom. The average molecular weight is 240 g/mol. The van der Waals surface area contributed by atoms with E-state index in [0.717, 1.165) is 24.4 Å². The van der Waals surface area contributed by atoms with E-state index in [2.05, 4.69) is 32.6 Å². The number of hydrogen-bond acceptors (Lipinski definition) is 2. The van der Waals surface area contributed by atoms with Crippen LogP contribution in [0.25, 0.3) is 0 Å². The molecule has 1 heterocycles. The Bertz CT molecular complexity index is 203. The lowest BCUT2D eigenvalue weighted by Gasteiger charge is -2.38. The maximum atomic E-state index is 6.05. The lowest BCUT2D eigenvalue weighted by Crippen LogP contribution is -2.49. The highest BCUT2D eigenvalue weighted by Gasteiger charge is 2.28. The summed E-state index contributed by atoms with van der Waals surface area (Å²) in [6.45, 7) is 11.5. The van der Waals surface area contributed by atoms with E-state index < -0.39 is 0 Å². The first-order valence-corrected chi connectivity index (χ1v) is 7.52. The Balaban J connectivity index is 2.62.